The Bertz CT molecular complexity index is 273. The molecule has 0 saturated heterocycles. The molecule has 0 atom stereocenters. The number of hydrogen-bond donors (Lipinski definition) is 0. The second-order valence-electron chi connectivity index (χ2n) is 7.17. The maximum atomic E-state index is 11.2. The molecular formula is C17H32O2. The van der Waals surface area contributed by atoms with Crippen LogP contribution in [0, 0.1) is 23.2 Å². The molecule has 0 heterocycles. The van der Waals surface area contributed by atoms with Crippen molar-refractivity contribution in [3.8, 4) is 0 Å². The van der Waals surface area contributed by atoms with Crippen LogP contribution >= 0.6 is 0 Å². The Kier molecular flexibility index (Phi) is 6.35. The molecular weight excluding hydrogens is 236 g/mol. The molecule has 0 radical (unpaired) electrons. The summed E-state index contributed by atoms with van der Waals surface area (Å²) in [5.74, 6) is 2.47. The summed E-state index contributed by atoms with van der Waals surface area (Å²) in [5, 5.41) is 0. The van der Waals surface area contributed by atoms with Gasteiger partial charge < -0.3 is 4.74 Å². The SMILES string of the molecule is CCC(=O)OCCC(C)(C)C1CCC(C(C)C)CC1. The van der Waals surface area contributed by atoms with Crippen LogP contribution in [-0.4, -0.2) is 12.6 Å². The lowest BCUT2D eigenvalue weighted by Crippen LogP contribution is -2.31. The first-order chi connectivity index (χ1) is 8.86. The third kappa shape index (κ3) is 5.16. The fourth-order valence-electron chi connectivity index (χ4n) is 3.30. The highest BCUT2D eigenvalue weighted by molar-refractivity contribution is 5.68. The molecule has 0 aromatic carbocycles. The van der Waals surface area contributed by atoms with E-state index in [1.165, 1.54) is 25.7 Å². The molecule has 0 unspecified atom stereocenters. The van der Waals surface area contributed by atoms with Crippen LogP contribution in [0.2, 0.25) is 0 Å². The topological polar surface area (TPSA) is 26.3 Å². The van der Waals surface area contributed by atoms with Crippen molar-refractivity contribution in [2.24, 2.45) is 23.2 Å². The zero-order valence-corrected chi connectivity index (χ0v) is 13.5. The molecule has 2 nitrogen and oxygen atoms in total. The van der Waals surface area contributed by atoms with Gasteiger partial charge in [-0.2, -0.15) is 0 Å². The van der Waals surface area contributed by atoms with Crippen LogP contribution in [0.5, 0.6) is 0 Å². The Balaban J connectivity index is 2.35. The first-order valence-electron chi connectivity index (χ1n) is 8.02. The van der Waals surface area contributed by atoms with Crippen molar-refractivity contribution in [3.63, 3.8) is 0 Å². The lowest BCUT2D eigenvalue weighted by molar-refractivity contribution is -0.144. The molecule has 1 rings (SSSR count). The molecule has 2 heteroatoms. The van der Waals surface area contributed by atoms with E-state index in [9.17, 15) is 4.79 Å². The lowest BCUT2D eigenvalue weighted by Gasteiger charge is -2.40. The first-order valence-corrected chi connectivity index (χ1v) is 8.02. The van der Waals surface area contributed by atoms with E-state index >= 15 is 0 Å². The average Bonchev–Trinajstić information content (AvgIpc) is 2.38. The van der Waals surface area contributed by atoms with Gasteiger partial charge in [-0.25, -0.2) is 0 Å². The number of hydrogen-bond acceptors (Lipinski definition) is 2. The predicted octanol–water partition coefficient (Wildman–Crippen LogP) is 4.82. The van der Waals surface area contributed by atoms with E-state index < -0.39 is 0 Å². The summed E-state index contributed by atoms with van der Waals surface area (Å²) in [4.78, 5) is 11.2. The smallest absolute Gasteiger partial charge is 0.305 e. The highest BCUT2D eigenvalue weighted by atomic mass is 16.5. The Morgan fingerprint density at radius 2 is 1.79 bits per heavy atom. The molecule has 1 aliphatic carbocycles. The van der Waals surface area contributed by atoms with Crippen molar-refractivity contribution in [1.29, 1.82) is 0 Å². The minimum atomic E-state index is -0.0701. The normalized spacial score (nSPS) is 24.5. The summed E-state index contributed by atoms with van der Waals surface area (Å²) in [6.07, 6.45) is 6.92. The highest BCUT2D eigenvalue weighted by Crippen LogP contribution is 2.43. The Labute approximate surface area is 119 Å². The van der Waals surface area contributed by atoms with Crippen LogP contribution in [0.3, 0.4) is 0 Å². The van der Waals surface area contributed by atoms with Gasteiger partial charge in [-0.05, 0) is 55.3 Å². The van der Waals surface area contributed by atoms with Crippen molar-refractivity contribution in [1.82, 2.24) is 0 Å². The quantitative estimate of drug-likeness (QED) is 0.646. The molecule has 1 saturated carbocycles. The van der Waals surface area contributed by atoms with Gasteiger partial charge in [-0.1, -0.05) is 34.6 Å². The number of rotatable bonds is 6. The maximum absolute atomic E-state index is 11.2. The van der Waals surface area contributed by atoms with Crippen molar-refractivity contribution in [3.05, 3.63) is 0 Å². The Morgan fingerprint density at radius 3 is 2.26 bits per heavy atom. The van der Waals surface area contributed by atoms with Gasteiger partial charge in [0.25, 0.3) is 0 Å². The van der Waals surface area contributed by atoms with Crippen LogP contribution in [-0.2, 0) is 9.53 Å². The summed E-state index contributed by atoms with van der Waals surface area (Å²) in [5.41, 5.74) is 0.302. The average molecular weight is 268 g/mol. The molecule has 1 aliphatic rings. The fraction of sp³-hybridized carbons (Fsp3) is 0.941. The first kappa shape index (κ1) is 16.5. The van der Waals surface area contributed by atoms with Crippen LogP contribution in [0.4, 0.5) is 0 Å². The number of ether oxygens (including phenoxy) is 1. The van der Waals surface area contributed by atoms with Gasteiger partial charge in [0.15, 0.2) is 0 Å². The molecule has 19 heavy (non-hydrogen) atoms. The number of carbonyl (C=O) groups is 1. The molecule has 0 amide bonds. The van der Waals surface area contributed by atoms with Crippen molar-refractivity contribution in [2.75, 3.05) is 6.61 Å². The number of esters is 1. The van der Waals surface area contributed by atoms with E-state index in [4.69, 9.17) is 4.74 Å². The zero-order valence-electron chi connectivity index (χ0n) is 13.5. The van der Waals surface area contributed by atoms with E-state index in [1.807, 2.05) is 6.92 Å². The summed E-state index contributed by atoms with van der Waals surface area (Å²) < 4.78 is 5.24. The van der Waals surface area contributed by atoms with E-state index in [0.717, 1.165) is 24.2 Å². The van der Waals surface area contributed by atoms with Crippen molar-refractivity contribution < 1.29 is 9.53 Å². The lowest BCUT2D eigenvalue weighted by atomic mass is 9.66. The maximum Gasteiger partial charge on any atom is 0.305 e. The Morgan fingerprint density at radius 1 is 1.21 bits per heavy atom. The van der Waals surface area contributed by atoms with Gasteiger partial charge in [0.2, 0.25) is 0 Å². The Hall–Kier alpha value is -0.530. The second-order valence-corrected chi connectivity index (χ2v) is 7.17. The number of carbonyl (C=O) groups excluding carboxylic acids is 1. The van der Waals surface area contributed by atoms with E-state index in [0.29, 0.717) is 18.4 Å². The van der Waals surface area contributed by atoms with Crippen molar-refractivity contribution in [2.45, 2.75) is 73.1 Å². The second kappa shape index (κ2) is 7.31. The van der Waals surface area contributed by atoms with E-state index in [2.05, 4.69) is 27.7 Å². The molecule has 0 aromatic rings. The van der Waals surface area contributed by atoms with Gasteiger partial charge in [0, 0.05) is 6.42 Å². The summed E-state index contributed by atoms with van der Waals surface area (Å²) >= 11 is 0. The van der Waals surface area contributed by atoms with Crippen LogP contribution in [0.1, 0.15) is 73.1 Å². The van der Waals surface area contributed by atoms with Gasteiger partial charge in [-0.15, -0.1) is 0 Å². The molecule has 0 spiro atoms. The highest BCUT2D eigenvalue weighted by Gasteiger charge is 2.33. The standard InChI is InChI=1S/C17H32O2/c1-6-16(18)19-12-11-17(4,5)15-9-7-14(8-10-15)13(2)3/h13-15H,6-12H2,1-5H3. The molecule has 0 aromatic heterocycles. The van der Waals surface area contributed by atoms with Crippen LogP contribution in [0.15, 0.2) is 0 Å². The van der Waals surface area contributed by atoms with E-state index in [1.54, 1.807) is 0 Å². The third-order valence-electron chi connectivity index (χ3n) is 5.12. The molecule has 1 fully saturated rings. The van der Waals surface area contributed by atoms with Gasteiger partial charge >= 0.3 is 5.97 Å². The molecule has 0 bridgehead atoms. The fourth-order valence-corrected chi connectivity index (χ4v) is 3.30. The van der Waals surface area contributed by atoms with Gasteiger partial charge in [-0.3, -0.25) is 4.79 Å². The molecule has 112 valence electrons. The third-order valence-corrected chi connectivity index (χ3v) is 5.12. The van der Waals surface area contributed by atoms with E-state index in [-0.39, 0.29) is 5.97 Å². The summed E-state index contributed by atoms with van der Waals surface area (Å²) in [7, 11) is 0. The molecule has 0 N–H and O–H groups in total. The van der Waals surface area contributed by atoms with Gasteiger partial charge in [0.1, 0.15) is 0 Å². The minimum absolute atomic E-state index is 0.0701. The minimum Gasteiger partial charge on any atom is -0.466 e. The summed E-state index contributed by atoms with van der Waals surface area (Å²) in [6.45, 7) is 11.8. The van der Waals surface area contributed by atoms with Crippen LogP contribution in [0.25, 0.3) is 0 Å². The largest absolute Gasteiger partial charge is 0.466 e. The predicted molar refractivity (Wildman–Crippen MR) is 79.9 cm³/mol. The zero-order chi connectivity index (χ0) is 14.5. The van der Waals surface area contributed by atoms with Crippen LogP contribution < -0.4 is 0 Å². The molecule has 0 aliphatic heterocycles. The summed E-state index contributed by atoms with van der Waals surface area (Å²) in [6, 6.07) is 0. The van der Waals surface area contributed by atoms with Crippen molar-refractivity contribution >= 4 is 5.97 Å². The van der Waals surface area contributed by atoms with Gasteiger partial charge in [0.05, 0.1) is 6.61 Å². The monoisotopic (exact) mass is 268 g/mol.